The number of rotatable bonds is 3. The normalized spacial score (nSPS) is 11.0. The SMILES string of the molecule is C#CC(C)(C)OCc1cccc(C)c1. The van der Waals surface area contributed by atoms with Crippen molar-refractivity contribution >= 4 is 0 Å². The monoisotopic (exact) mass is 188 g/mol. The molecule has 0 amide bonds. The van der Waals surface area contributed by atoms with E-state index in [1.807, 2.05) is 26.0 Å². The number of hydrogen-bond acceptors (Lipinski definition) is 1. The zero-order chi connectivity index (χ0) is 10.6. The van der Waals surface area contributed by atoms with Crippen LogP contribution in [0.25, 0.3) is 0 Å². The molecule has 0 bridgehead atoms. The molecule has 0 aliphatic rings. The van der Waals surface area contributed by atoms with Crippen LogP contribution >= 0.6 is 0 Å². The molecule has 1 aromatic carbocycles. The largest absolute Gasteiger partial charge is 0.358 e. The summed E-state index contributed by atoms with van der Waals surface area (Å²) in [6.07, 6.45) is 5.33. The summed E-state index contributed by atoms with van der Waals surface area (Å²) < 4.78 is 5.58. The van der Waals surface area contributed by atoms with Gasteiger partial charge in [-0.2, -0.15) is 0 Å². The van der Waals surface area contributed by atoms with Crippen molar-refractivity contribution in [3.05, 3.63) is 35.4 Å². The minimum absolute atomic E-state index is 0.482. The Labute approximate surface area is 86.1 Å². The molecule has 0 aliphatic carbocycles. The van der Waals surface area contributed by atoms with Crippen LogP contribution in [0.5, 0.6) is 0 Å². The smallest absolute Gasteiger partial charge is 0.123 e. The fourth-order valence-electron chi connectivity index (χ4n) is 1.11. The number of ether oxygens (including phenoxy) is 1. The maximum Gasteiger partial charge on any atom is 0.123 e. The average Bonchev–Trinajstić information content (AvgIpc) is 2.15. The van der Waals surface area contributed by atoms with E-state index in [1.54, 1.807) is 0 Å². The van der Waals surface area contributed by atoms with Crippen LogP contribution in [-0.4, -0.2) is 5.60 Å². The number of aryl methyl sites for hydroxylation is 1. The quantitative estimate of drug-likeness (QED) is 0.663. The summed E-state index contributed by atoms with van der Waals surface area (Å²) in [4.78, 5) is 0. The summed E-state index contributed by atoms with van der Waals surface area (Å²) in [6.45, 7) is 6.42. The molecule has 0 N–H and O–H groups in total. The fraction of sp³-hybridized carbons (Fsp3) is 0.385. The number of terminal acetylenes is 1. The predicted molar refractivity (Wildman–Crippen MR) is 58.9 cm³/mol. The van der Waals surface area contributed by atoms with Crippen LogP contribution in [0.4, 0.5) is 0 Å². The topological polar surface area (TPSA) is 9.23 Å². The third kappa shape index (κ3) is 3.24. The van der Waals surface area contributed by atoms with Crippen LogP contribution in [-0.2, 0) is 11.3 Å². The Morgan fingerprint density at radius 3 is 2.71 bits per heavy atom. The molecule has 1 heteroatoms. The second kappa shape index (κ2) is 4.30. The Kier molecular flexibility index (Phi) is 3.33. The second-order valence-corrected chi connectivity index (χ2v) is 3.93. The van der Waals surface area contributed by atoms with Gasteiger partial charge in [-0.05, 0) is 26.3 Å². The third-order valence-electron chi connectivity index (χ3n) is 2.03. The van der Waals surface area contributed by atoms with E-state index in [9.17, 15) is 0 Å². The summed E-state index contributed by atoms with van der Waals surface area (Å²) in [6, 6.07) is 8.24. The summed E-state index contributed by atoms with van der Waals surface area (Å²) in [5.41, 5.74) is 1.92. The van der Waals surface area contributed by atoms with Crippen molar-refractivity contribution < 1.29 is 4.74 Å². The van der Waals surface area contributed by atoms with E-state index in [1.165, 1.54) is 5.56 Å². The van der Waals surface area contributed by atoms with Crippen LogP contribution in [0.3, 0.4) is 0 Å². The first-order valence-electron chi connectivity index (χ1n) is 4.71. The van der Waals surface area contributed by atoms with E-state index in [0.717, 1.165) is 5.56 Å². The Morgan fingerprint density at radius 2 is 2.14 bits per heavy atom. The predicted octanol–water partition coefficient (Wildman–Crippen LogP) is 2.92. The molecule has 0 saturated heterocycles. The maximum absolute atomic E-state index is 5.58. The van der Waals surface area contributed by atoms with Gasteiger partial charge in [0.1, 0.15) is 5.60 Å². The molecular formula is C13H16O. The first-order chi connectivity index (χ1) is 6.53. The molecule has 0 fully saturated rings. The van der Waals surface area contributed by atoms with Gasteiger partial charge in [0, 0.05) is 0 Å². The molecule has 0 unspecified atom stereocenters. The van der Waals surface area contributed by atoms with Crippen LogP contribution in [0.2, 0.25) is 0 Å². The highest BCUT2D eigenvalue weighted by atomic mass is 16.5. The van der Waals surface area contributed by atoms with Gasteiger partial charge >= 0.3 is 0 Å². The molecule has 1 nitrogen and oxygen atoms in total. The van der Waals surface area contributed by atoms with Gasteiger partial charge in [-0.25, -0.2) is 0 Å². The average molecular weight is 188 g/mol. The van der Waals surface area contributed by atoms with Gasteiger partial charge in [0.2, 0.25) is 0 Å². The van der Waals surface area contributed by atoms with Crippen LogP contribution in [0, 0.1) is 19.3 Å². The van der Waals surface area contributed by atoms with Crippen molar-refractivity contribution in [2.45, 2.75) is 33.0 Å². The highest BCUT2D eigenvalue weighted by Gasteiger charge is 2.13. The molecule has 1 rings (SSSR count). The maximum atomic E-state index is 5.58. The van der Waals surface area contributed by atoms with Crippen molar-refractivity contribution in [3.8, 4) is 12.3 Å². The molecule has 1 aromatic rings. The molecule has 0 spiro atoms. The fourth-order valence-corrected chi connectivity index (χ4v) is 1.11. The molecule has 0 atom stereocenters. The summed E-state index contributed by atoms with van der Waals surface area (Å²) in [7, 11) is 0. The van der Waals surface area contributed by atoms with E-state index in [0.29, 0.717) is 6.61 Å². The highest BCUT2D eigenvalue weighted by Crippen LogP contribution is 2.12. The van der Waals surface area contributed by atoms with Crippen molar-refractivity contribution in [2.75, 3.05) is 0 Å². The van der Waals surface area contributed by atoms with E-state index in [-0.39, 0.29) is 0 Å². The first kappa shape index (κ1) is 10.8. The van der Waals surface area contributed by atoms with Crippen LogP contribution in [0.15, 0.2) is 24.3 Å². The van der Waals surface area contributed by atoms with E-state index >= 15 is 0 Å². The summed E-state index contributed by atoms with van der Waals surface area (Å²) >= 11 is 0. The Hall–Kier alpha value is -1.26. The van der Waals surface area contributed by atoms with E-state index in [2.05, 4.69) is 25.0 Å². The minimum atomic E-state index is -0.482. The van der Waals surface area contributed by atoms with Gasteiger partial charge < -0.3 is 4.74 Å². The van der Waals surface area contributed by atoms with Crippen molar-refractivity contribution in [1.29, 1.82) is 0 Å². The van der Waals surface area contributed by atoms with E-state index < -0.39 is 5.60 Å². The standard InChI is InChI=1S/C13H16O/c1-5-13(3,4)14-10-12-8-6-7-11(2)9-12/h1,6-9H,10H2,2-4H3. The lowest BCUT2D eigenvalue weighted by atomic mass is 10.1. The molecule has 0 aliphatic heterocycles. The lowest BCUT2D eigenvalue weighted by molar-refractivity contribution is 0.0145. The third-order valence-corrected chi connectivity index (χ3v) is 2.03. The van der Waals surface area contributed by atoms with Crippen molar-refractivity contribution in [2.24, 2.45) is 0 Å². The second-order valence-electron chi connectivity index (χ2n) is 3.93. The molecule has 74 valence electrons. The number of hydrogen-bond donors (Lipinski definition) is 0. The van der Waals surface area contributed by atoms with Crippen LogP contribution < -0.4 is 0 Å². The molecule has 0 aromatic heterocycles. The molecule has 0 saturated carbocycles. The Morgan fingerprint density at radius 1 is 1.43 bits per heavy atom. The van der Waals surface area contributed by atoms with Crippen LogP contribution in [0.1, 0.15) is 25.0 Å². The first-order valence-corrected chi connectivity index (χ1v) is 4.71. The molecule has 0 radical (unpaired) electrons. The lowest BCUT2D eigenvalue weighted by Gasteiger charge is -2.18. The molecular weight excluding hydrogens is 172 g/mol. The number of benzene rings is 1. The van der Waals surface area contributed by atoms with Crippen molar-refractivity contribution in [1.82, 2.24) is 0 Å². The summed E-state index contributed by atoms with van der Waals surface area (Å²) in [5.74, 6) is 2.60. The highest BCUT2D eigenvalue weighted by molar-refractivity contribution is 5.21. The lowest BCUT2D eigenvalue weighted by Crippen LogP contribution is -2.21. The Bertz CT molecular complexity index is 344. The zero-order valence-electron chi connectivity index (χ0n) is 9.00. The van der Waals surface area contributed by atoms with Gasteiger partial charge in [-0.1, -0.05) is 35.7 Å². The van der Waals surface area contributed by atoms with E-state index in [4.69, 9.17) is 11.2 Å². The van der Waals surface area contributed by atoms with Gasteiger partial charge in [0.15, 0.2) is 0 Å². The zero-order valence-corrected chi connectivity index (χ0v) is 9.00. The van der Waals surface area contributed by atoms with Gasteiger partial charge in [-0.15, -0.1) is 6.42 Å². The molecule has 0 heterocycles. The minimum Gasteiger partial charge on any atom is -0.358 e. The Balaban J connectivity index is 2.59. The van der Waals surface area contributed by atoms with Gasteiger partial charge in [-0.3, -0.25) is 0 Å². The van der Waals surface area contributed by atoms with Crippen molar-refractivity contribution in [3.63, 3.8) is 0 Å². The summed E-state index contributed by atoms with van der Waals surface area (Å²) in [5, 5.41) is 0. The van der Waals surface area contributed by atoms with Gasteiger partial charge in [0.25, 0.3) is 0 Å². The van der Waals surface area contributed by atoms with Gasteiger partial charge in [0.05, 0.1) is 6.61 Å². The molecule has 14 heavy (non-hydrogen) atoms.